The Kier molecular flexibility index (Phi) is 3.74. The molecule has 16 heavy (non-hydrogen) atoms. The van der Waals surface area contributed by atoms with Crippen LogP contribution in [0.15, 0.2) is 24.3 Å². The van der Waals surface area contributed by atoms with Crippen LogP contribution in [0.25, 0.3) is 0 Å². The molecule has 1 amide bonds. The van der Waals surface area contributed by atoms with Crippen molar-refractivity contribution in [1.29, 1.82) is 0 Å². The lowest BCUT2D eigenvalue weighted by atomic mass is 10.1. The largest absolute Gasteiger partial charge is 0.396 e. The molecule has 0 saturated carbocycles. The molecule has 88 valence electrons. The van der Waals surface area contributed by atoms with Gasteiger partial charge < -0.3 is 5.11 Å². The Morgan fingerprint density at radius 2 is 2.50 bits per heavy atom. The van der Waals surface area contributed by atoms with Crippen LogP contribution < -0.4 is 0 Å². The van der Waals surface area contributed by atoms with E-state index in [4.69, 9.17) is 9.94 Å². The molecule has 1 N–H and O–H groups in total. The van der Waals surface area contributed by atoms with Crippen LogP contribution in [0.3, 0.4) is 0 Å². The van der Waals surface area contributed by atoms with Gasteiger partial charge in [0.15, 0.2) is 0 Å². The van der Waals surface area contributed by atoms with Crippen molar-refractivity contribution in [1.82, 2.24) is 5.06 Å². The molecule has 0 radical (unpaired) electrons. The summed E-state index contributed by atoms with van der Waals surface area (Å²) >= 11 is 0. The zero-order valence-corrected chi connectivity index (χ0v) is 9.21. The summed E-state index contributed by atoms with van der Waals surface area (Å²) in [5.41, 5.74) is 0. The monoisotopic (exact) mass is 223 g/mol. The fourth-order valence-corrected chi connectivity index (χ4v) is 1.99. The van der Waals surface area contributed by atoms with E-state index in [1.165, 1.54) is 5.06 Å². The standard InChI is InChI=1S/C12H17NO3/c14-8-3-1-2-6-11-9-10-5-4-7-12(15)13(10)16-11/h2,4-6,10-11,14H,1,3,7-9H2/b6-2+/t10-,11+/m1/s1. The summed E-state index contributed by atoms with van der Waals surface area (Å²) < 4.78 is 0. The van der Waals surface area contributed by atoms with Crippen molar-refractivity contribution in [3.8, 4) is 0 Å². The van der Waals surface area contributed by atoms with Crippen molar-refractivity contribution >= 4 is 5.91 Å². The number of carbonyl (C=O) groups is 1. The third-order valence-electron chi connectivity index (χ3n) is 2.80. The van der Waals surface area contributed by atoms with Gasteiger partial charge in [0.05, 0.1) is 6.04 Å². The molecule has 0 aliphatic carbocycles. The number of aliphatic hydroxyl groups is 1. The van der Waals surface area contributed by atoms with Gasteiger partial charge in [-0.2, -0.15) is 0 Å². The lowest BCUT2D eigenvalue weighted by Gasteiger charge is -2.22. The van der Waals surface area contributed by atoms with E-state index in [-0.39, 0.29) is 24.7 Å². The second-order valence-electron chi connectivity index (χ2n) is 4.09. The molecular formula is C12H17NO3. The van der Waals surface area contributed by atoms with E-state index in [1.807, 2.05) is 24.3 Å². The summed E-state index contributed by atoms with van der Waals surface area (Å²) in [5.74, 6) is 0.0405. The zero-order chi connectivity index (χ0) is 11.4. The van der Waals surface area contributed by atoms with Gasteiger partial charge in [0.2, 0.25) is 0 Å². The van der Waals surface area contributed by atoms with Crippen LogP contribution in [0.2, 0.25) is 0 Å². The molecule has 0 spiro atoms. The second-order valence-corrected chi connectivity index (χ2v) is 4.09. The molecule has 0 aromatic heterocycles. The lowest BCUT2D eigenvalue weighted by molar-refractivity contribution is -0.180. The smallest absolute Gasteiger partial charge is 0.250 e. The minimum absolute atomic E-state index is 0.00427. The van der Waals surface area contributed by atoms with Crippen molar-refractivity contribution in [2.45, 2.75) is 37.8 Å². The molecule has 2 aliphatic rings. The fourth-order valence-electron chi connectivity index (χ4n) is 1.99. The summed E-state index contributed by atoms with van der Waals surface area (Å²) in [7, 11) is 0. The molecule has 4 nitrogen and oxygen atoms in total. The molecule has 2 heterocycles. The Hall–Kier alpha value is -1.13. The first-order valence-corrected chi connectivity index (χ1v) is 5.74. The molecule has 4 heteroatoms. The minimum Gasteiger partial charge on any atom is -0.396 e. The molecule has 0 unspecified atom stereocenters. The number of amides is 1. The van der Waals surface area contributed by atoms with Gasteiger partial charge in [-0.05, 0) is 12.8 Å². The summed E-state index contributed by atoms with van der Waals surface area (Å²) in [6, 6.07) is 0.105. The van der Waals surface area contributed by atoms with Crippen LogP contribution >= 0.6 is 0 Å². The number of unbranched alkanes of at least 4 members (excludes halogenated alkanes) is 1. The van der Waals surface area contributed by atoms with Gasteiger partial charge in [0.1, 0.15) is 6.10 Å². The SMILES string of the molecule is O=C1CC=C[C@@H]2C[C@H](/C=C/CCCO)ON12. The molecule has 1 saturated heterocycles. The summed E-state index contributed by atoms with van der Waals surface area (Å²) in [4.78, 5) is 17.0. The molecule has 0 aromatic carbocycles. The van der Waals surface area contributed by atoms with E-state index in [2.05, 4.69) is 0 Å². The molecular weight excluding hydrogens is 206 g/mol. The number of hydrogen-bond acceptors (Lipinski definition) is 3. The van der Waals surface area contributed by atoms with Crippen LogP contribution in [0.5, 0.6) is 0 Å². The van der Waals surface area contributed by atoms with E-state index in [0.717, 1.165) is 19.3 Å². The second kappa shape index (κ2) is 5.27. The first-order chi connectivity index (χ1) is 7.81. The van der Waals surface area contributed by atoms with E-state index in [0.29, 0.717) is 6.42 Å². The maximum atomic E-state index is 11.5. The van der Waals surface area contributed by atoms with E-state index in [1.54, 1.807) is 0 Å². The van der Waals surface area contributed by atoms with Crippen molar-refractivity contribution in [3.05, 3.63) is 24.3 Å². The summed E-state index contributed by atoms with van der Waals surface area (Å²) in [6.45, 7) is 0.214. The van der Waals surface area contributed by atoms with E-state index >= 15 is 0 Å². The van der Waals surface area contributed by atoms with Crippen LogP contribution in [0.4, 0.5) is 0 Å². The summed E-state index contributed by atoms with van der Waals surface area (Å²) in [5, 5.41) is 10.1. The maximum absolute atomic E-state index is 11.5. The van der Waals surface area contributed by atoms with Crippen LogP contribution in [-0.4, -0.2) is 34.8 Å². The van der Waals surface area contributed by atoms with E-state index in [9.17, 15) is 4.79 Å². The number of hydroxylamine groups is 2. The van der Waals surface area contributed by atoms with Crippen molar-refractivity contribution in [2.75, 3.05) is 6.61 Å². The topological polar surface area (TPSA) is 49.8 Å². The normalized spacial score (nSPS) is 29.1. The number of fused-ring (bicyclic) bond motifs is 1. The van der Waals surface area contributed by atoms with Gasteiger partial charge >= 0.3 is 0 Å². The predicted octanol–water partition coefficient (Wildman–Crippen LogP) is 1.18. The first kappa shape index (κ1) is 11.4. The molecule has 0 aromatic rings. The first-order valence-electron chi connectivity index (χ1n) is 5.74. The van der Waals surface area contributed by atoms with Gasteiger partial charge in [-0.25, -0.2) is 5.06 Å². The molecule has 0 bridgehead atoms. The fraction of sp³-hybridized carbons (Fsp3) is 0.583. The predicted molar refractivity (Wildman–Crippen MR) is 59.3 cm³/mol. The van der Waals surface area contributed by atoms with Crippen molar-refractivity contribution < 1.29 is 14.7 Å². The third-order valence-corrected chi connectivity index (χ3v) is 2.80. The van der Waals surface area contributed by atoms with Crippen LogP contribution in [-0.2, 0) is 9.63 Å². The number of rotatable bonds is 4. The Morgan fingerprint density at radius 3 is 3.25 bits per heavy atom. The number of carbonyl (C=O) groups excluding carboxylic acids is 1. The molecule has 2 atom stereocenters. The highest BCUT2D eigenvalue weighted by Crippen LogP contribution is 2.26. The number of aliphatic hydroxyl groups excluding tert-OH is 1. The number of nitrogens with zero attached hydrogens (tertiary/aromatic N) is 1. The third kappa shape index (κ3) is 2.51. The van der Waals surface area contributed by atoms with Crippen molar-refractivity contribution in [2.24, 2.45) is 0 Å². The lowest BCUT2D eigenvalue weighted by Crippen LogP contribution is -2.35. The molecule has 2 rings (SSSR count). The Balaban J connectivity index is 1.85. The summed E-state index contributed by atoms with van der Waals surface area (Å²) in [6.07, 6.45) is 10.8. The average molecular weight is 223 g/mol. The van der Waals surface area contributed by atoms with Gasteiger partial charge in [-0.15, -0.1) is 0 Å². The Labute approximate surface area is 95.1 Å². The zero-order valence-electron chi connectivity index (χ0n) is 9.21. The van der Waals surface area contributed by atoms with Gasteiger partial charge in [0.25, 0.3) is 5.91 Å². The van der Waals surface area contributed by atoms with Crippen LogP contribution in [0, 0.1) is 0 Å². The minimum atomic E-state index is -0.00427. The average Bonchev–Trinajstić information content (AvgIpc) is 2.69. The Bertz CT molecular complexity index is 311. The van der Waals surface area contributed by atoms with E-state index < -0.39 is 0 Å². The highest BCUT2D eigenvalue weighted by atomic mass is 16.7. The highest BCUT2D eigenvalue weighted by Gasteiger charge is 2.35. The molecule has 2 aliphatic heterocycles. The van der Waals surface area contributed by atoms with Gasteiger partial charge in [-0.3, -0.25) is 9.63 Å². The van der Waals surface area contributed by atoms with Gasteiger partial charge in [0, 0.05) is 19.4 Å². The molecule has 1 fully saturated rings. The highest BCUT2D eigenvalue weighted by molar-refractivity contribution is 5.78. The maximum Gasteiger partial charge on any atom is 0.250 e. The quantitative estimate of drug-likeness (QED) is 0.575. The van der Waals surface area contributed by atoms with Crippen LogP contribution in [0.1, 0.15) is 25.7 Å². The number of allylic oxidation sites excluding steroid dienone is 1. The van der Waals surface area contributed by atoms with Gasteiger partial charge in [-0.1, -0.05) is 24.3 Å². The Morgan fingerprint density at radius 1 is 1.62 bits per heavy atom. The van der Waals surface area contributed by atoms with Crippen molar-refractivity contribution in [3.63, 3.8) is 0 Å². The number of hydrogen-bond donors (Lipinski definition) is 1.